The maximum Gasteiger partial charge on any atom is 0.0813 e. The van der Waals surface area contributed by atoms with Gasteiger partial charge in [0.2, 0.25) is 0 Å². The van der Waals surface area contributed by atoms with Crippen molar-refractivity contribution in [3.05, 3.63) is 77.4 Å². The minimum atomic E-state index is 0.298. The van der Waals surface area contributed by atoms with Crippen LogP contribution in [0.25, 0.3) is 6.08 Å². The maximum absolute atomic E-state index is 5.87. The fraction of sp³-hybridized carbons (Fsp3) is 0.286. The van der Waals surface area contributed by atoms with Crippen molar-refractivity contribution in [2.45, 2.75) is 6.04 Å². The number of thioether (sulfide) groups is 1. The van der Waals surface area contributed by atoms with Gasteiger partial charge in [-0.25, -0.2) is 0 Å². The molecule has 2 aliphatic heterocycles. The smallest absolute Gasteiger partial charge is 0.0813 e. The highest BCUT2D eigenvalue weighted by atomic mass is 32.2. The Kier molecular flexibility index (Phi) is 4.90. The zero-order valence-electron chi connectivity index (χ0n) is 14.2. The van der Waals surface area contributed by atoms with Gasteiger partial charge in [-0.2, -0.15) is 16.9 Å². The van der Waals surface area contributed by atoms with E-state index in [2.05, 4.69) is 71.7 Å². The van der Waals surface area contributed by atoms with Crippen LogP contribution < -0.4 is 5.73 Å². The van der Waals surface area contributed by atoms with Crippen LogP contribution in [0.1, 0.15) is 17.2 Å². The number of benzene rings is 2. The second-order valence-electron chi connectivity index (χ2n) is 6.49. The minimum Gasteiger partial charge on any atom is -0.329 e. The van der Waals surface area contributed by atoms with Crippen molar-refractivity contribution in [1.29, 1.82) is 0 Å². The molecule has 2 aromatic rings. The van der Waals surface area contributed by atoms with Gasteiger partial charge in [0, 0.05) is 30.5 Å². The van der Waals surface area contributed by atoms with Crippen molar-refractivity contribution in [3.8, 4) is 0 Å². The molecule has 2 aromatic carbocycles. The lowest BCUT2D eigenvalue weighted by Gasteiger charge is -2.30. The standard InChI is InChI=1S/C21H23N3S/c22-11-12-24-21(17-9-5-2-6-10-17)19-15-25-14-18(20(19)23-24)13-16-7-3-1-4-8-16/h1-10,13,19,21H,11-12,14-15,22H2/b18-13-. The lowest BCUT2D eigenvalue weighted by Crippen LogP contribution is -2.32. The molecule has 0 bridgehead atoms. The quantitative estimate of drug-likeness (QED) is 0.913. The van der Waals surface area contributed by atoms with Crippen LogP contribution in [0.3, 0.4) is 0 Å². The van der Waals surface area contributed by atoms with E-state index < -0.39 is 0 Å². The van der Waals surface area contributed by atoms with Crippen molar-refractivity contribution in [3.63, 3.8) is 0 Å². The molecule has 0 spiro atoms. The van der Waals surface area contributed by atoms with Gasteiger partial charge in [0.15, 0.2) is 0 Å². The van der Waals surface area contributed by atoms with Gasteiger partial charge in [-0.1, -0.05) is 60.7 Å². The fourth-order valence-corrected chi connectivity index (χ4v) is 4.88. The molecule has 0 radical (unpaired) electrons. The highest BCUT2D eigenvalue weighted by Gasteiger charge is 2.41. The molecule has 2 unspecified atom stereocenters. The predicted octanol–water partition coefficient (Wildman–Crippen LogP) is 3.80. The average Bonchev–Trinajstić information content (AvgIpc) is 3.03. The Bertz CT molecular complexity index is 770. The van der Waals surface area contributed by atoms with Crippen LogP contribution in [0.5, 0.6) is 0 Å². The Morgan fingerprint density at radius 2 is 1.80 bits per heavy atom. The van der Waals surface area contributed by atoms with Crippen molar-refractivity contribution < 1.29 is 0 Å². The predicted molar refractivity (Wildman–Crippen MR) is 108 cm³/mol. The van der Waals surface area contributed by atoms with E-state index in [0.29, 0.717) is 18.5 Å². The molecule has 4 heteroatoms. The Hall–Kier alpha value is -2.04. The van der Waals surface area contributed by atoms with Crippen LogP contribution in [0.15, 0.2) is 71.3 Å². The molecule has 4 rings (SSSR count). The molecule has 0 amide bonds. The van der Waals surface area contributed by atoms with Crippen LogP contribution in [0, 0.1) is 5.92 Å². The summed E-state index contributed by atoms with van der Waals surface area (Å²) in [7, 11) is 0. The molecule has 2 atom stereocenters. The lowest BCUT2D eigenvalue weighted by atomic mass is 9.87. The number of hydrogen-bond donors (Lipinski definition) is 1. The molecule has 2 N–H and O–H groups in total. The Morgan fingerprint density at radius 1 is 1.08 bits per heavy atom. The van der Waals surface area contributed by atoms with E-state index in [1.165, 1.54) is 22.4 Å². The Morgan fingerprint density at radius 3 is 2.52 bits per heavy atom. The van der Waals surface area contributed by atoms with Gasteiger partial charge in [-0.3, -0.25) is 5.01 Å². The summed E-state index contributed by atoms with van der Waals surface area (Å²) in [5, 5.41) is 7.23. The Labute approximate surface area is 153 Å². The van der Waals surface area contributed by atoms with Crippen LogP contribution in [-0.2, 0) is 0 Å². The summed E-state index contributed by atoms with van der Waals surface area (Å²) in [5.74, 6) is 2.58. The van der Waals surface area contributed by atoms with Gasteiger partial charge in [-0.15, -0.1) is 0 Å². The summed E-state index contributed by atoms with van der Waals surface area (Å²) in [4.78, 5) is 0. The number of hydrazone groups is 1. The fourth-order valence-electron chi connectivity index (χ4n) is 3.72. The van der Waals surface area contributed by atoms with Gasteiger partial charge < -0.3 is 5.73 Å². The molecule has 2 heterocycles. The van der Waals surface area contributed by atoms with Gasteiger partial charge in [0.25, 0.3) is 0 Å². The molecule has 1 fully saturated rings. The van der Waals surface area contributed by atoms with E-state index in [4.69, 9.17) is 10.8 Å². The maximum atomic E-state index is 5.87. The molecule has 1 saturated heterocycles. The normalized spacial score (nSPS) is 24.3. The first kappa shape index (κ1) is 16.4. The SMILES string of the molecule is NCCN1N=C2/C(=C\c3ccccc3)CSCC2C1c1ccccc1. The summed E-state index contributed by atoms with van der Waals surface area (Å²) in [6.07, 6.45) is 2.30. The summed E-state index contributed by atoms with van der Waals surface area (Å²) in [6.45, 7) is 1.42. The summed E-state index contributed by atoms with van der Waals surface area (Å²) < 4.78 is 0. The first-order chi connectivity index (χ1) is 12.4. The monoisotopic (exact) mass is 349 g/mol. The molecule has 128 valence electrons. The Balaban J connectivity index is 1.70. The zero-order chi connectivity index (χ0) is 17.1. The van der Waals surface area contributed by atoms with Gasteiger partial charge in [-0.05, 0) is 22.8 Å². The first-order valence-electron chi connectivity index (χ1n) is 8.80. The molecule has 0 aromatic heterocycles. The van der Waals surface area contributed by atoms with Crippen LogP contribution in [0.2, 0.25) is 0 Å². The largest absolute Gasteiger partial charge is 0.329 e. The molecule has 3 nitrogen and oxygen atoms in total. The first-order valence-corrected chi connectivity index (χ1v) is 9.96. The third kappa shape index (κ3) is 3.37. The van der Waals surface area contributed by atoms with Gasteiger partial charge in [0.05, 0.1) is 11.8 Å². The van der Waals surface area contributed by atoms with E-state index in [1.807, 2.05) is 11.8 Å². The molecular weight excluding hydrogens is 326 g/mol. The van der Waals surface area contributed by atoms with Crippen LogP contribution in [-0.4, -0.2) is 35.3 Å². The van der Waals surface area contributed by atoms with Crippen molar-refractivity contribution in [2.75, 3.05) is 24.6 Å². The van der Waals surface area contributed by atoms with Crippen molar-refractivity contribution in [2.24, 2.45) is 16.8 Å². The summed E-state index contributed by atoms with van der Waals surface area (Å²) >= 11 is 2.01. The minimum absolute atomic E-state index is 0.298. The van der Waals surface area contributed by atoms with Crippen LogP contribution >= 0.6 is 11.8 Å². The van der Waals surface area contributed by atoms with Crippen molar-refractivity contribution in [1.82, 2.24) is 5.01 Å². The van der Waals surface area contributed by atoms with E-state index in [1.54, 1.807) is 0 Å². The molecule has 0 aliphatic carbocycles. The number of nitrogens with two attached hydrogens (primary N) is 1. The average molecular weight is 350 g/mol. The molecular formula is C21H23N3S. The molecule has 2 aliphatic rings. The third-order valence-corrected chi connectivity index (χ3v) is 5.92. The number of fused-ring (bicyclic) bond motifs is 1. The summed E-state index contributed by atoms with van der Waals surface area (Å²) in [5.41, 5.74) is 11.1. The number of hydrogen-bond acceptors (Lipinski definition) is 4. The van der Waals surface area contributed by atoms with E-state index in [-0.39, 0.29) is 0 Å². The molecule has 0 saturated carbocycles. The lowest BCUT2D eigenvalue weighted by molar-refractivity contribution is 0.215. The highest BCUT2D eigenvalue weighted by molar-refractivity contribution is 7.99. The van der Waals surface area contributed by atoms with Crippen LogP contribution in [0.4, 0.5) is 0 Å². The van der Waals surface area contributed by atoms with E-state index in [0.717, 1.165) is 18.1 Å². The van der Waals surface area contributed by atoms with E-state index in [9.17, 15) is 0 Å². The zero-order valence-corrected chi connectivity index (χ0v) is 15.0. The summed E-state index contributed by atoms with van der Waals surface area (Å²) in [6, 6.07) is 21.6. The van der Waals surface area contributed by atoms with Gasteiger partial charge in [0.1, 0.15) is 0 Å². The van der Waals surface area contributed by atoms with E-state index >= 15 is 0 Å². The van der Waals surface area contributed by atoms with Gasteiger partial charge >= 0.3 is 0 Å². The number of nitrogens with zero attached hydrogens (tertiary/aromatic N) is 2. The van der Waals surface area contributed by atoms with Crippen molar-refractivity contribution >= 4 is 23.5 Å². The topological polar surface area (TPSA) is 41.6 Å². The number of rotatable bonds is 4. The highest BCUT2D eigenvalue weighted by Crippen LogP contribution is 2.42. The molecule has 25 heavy (non-hydrogen) atoms. The third-order valence-electron chi connectivity index (χ3n) is 4.81. The second-order valence-corrected chi connectivity index (χ2v) is 7.52. The second kappa shape index (κ2) is 7.46.